The molecule has 0 aliphatic rings. The summed E-state index contributed by atoms with van der Waals surface area (Å²) >= 11 is 0. The van der Waals surface area contributed by atoms with E-state index in [1.165, 1.54) is 6.92 Å². The molecule has 0 aliphatic carbocycles. The number of halogens is 1. The zero-order valence-electron chi connectivity index (χ0n) is 7.34. The summed E-state index contributed by atoms with van der Waals surface area (Å²) in [5.41, 5.74) is 7.25. The van der Waals surface area contributed by atoms with Crippen molar-refractivity contribution in [3.05, 3.63) is 23.4 Å². The molecule has 0 saturated heterocycles. The number of rotatable bonds is 2. The quantitative estimate of drug-likeness (QED) is 0.730. The first-order chi connectivity index (χ1) is 5.58. The van der Waals surface area contributed by atoms with Crippen molar-refractivity contribution < 1.29 is 4.39 Å². The SMILES string of the molecule is CC(F)Cc1cc([11CH3])cc(N)n1. The molecule has 0 bridgehead atoms. The van der Waals surface area contributed by atoms with Crippen LogP contribution in [0.5, 0.6) is 0 Å². The Morgan fingerprint density at radius 3 is 2.75 bits per heavy atom. The van der Waals surface area contributed by atoms with Crippen LogP contribution in [0.1, 0.15) is 18.2 Å². The Kier molecular flexibility index (Phi) is 2.63. The van der Waals surface area contributed by atoms with Gasteiger partial charge in [-0.25, -0.2) is 9.37 Å². The minimum absolute atomic E-state index is 0.339. The average molecular weight is 167 g/mol. The molecule has 1 aromatic rings. The van der Waals surface area contributed by atoms with Crippen LogP contribution in [-0.4, -0.2) is 11.2 Å². The minimum Gasteiger partial charge on any atom is -0.384 e. The topological polar surface area (TPSA) is 38.9 Å². The fraction of sp³-hybridized carbons (Fsp3) is 0.444. The molecule has 0 spiro atoms. The smallest absolute Gasteiger partial charge is 0.123 e. The van der Waals surface area contributed by atoms with Gasteiger partial charge in [-0.1, -0.05) is 0 Å². The molecule has 3 heteroatoms. The zero-order valence-corrected chi connectivity index (χ0v) is 7.34. The molecule has 2 nitrogen and oxygen atoms in total. The van der Waals surface area contributed by atoms with Gasteiger partial charge in [0.05, 0.1) is 0 Å². The average Bonchev–Trinajstić information content (AvgIpc) is 1.81. The Morgan fingerprint density at radius 2 is 2.25 bits per heavy atom. The molecular formula is C9H13FN2. The second-order valence-corrected chi connectivity index (χ2v) is 3.05. The Labute approximate surface area is 71.6 Å². The van der Waals surface area contributed by atoms with Crippen molar-refractivity contribution in [1.29, 1.82) is 0 Å². The lowest BCUT2D eigenvalue weighted by atomic mass is 10.0. The molecular weight excluding hydrogens is 154 g/mol. The lowest BCUT2D eigenvalue weighted by Crippen LogP contribution is -2.03. The van der Waals surface area contributed by atoms with E-state index in [1.807, 2.05) is 13.0 Å². The van der Waals surface area contributed by atoms with Gasteiger partial charge >= 0.3 is 0 Å². The third-order valence-corrected chi connectivity index (χ3v) is 1.53. The highest BCUT2D eigenvalue weighted by Gasteiger charge is 2.03. The maximum atomic E-state index is 12.6. The molecule has 0 aliphatic heterocycles. The van der Waals surface area contributed by atoms with Gasteiger partial charge in [0, 0.05) is 12.1 Å². The molecule has 1 aromatic heterocycles. The summed E-state index contributed by atoms with van der Waals surface area (Å²) in [5, 5.41) is 0. The van der Waals surface area contributed by atoms with Crippen molar-refractivity contribution in [2.45, 2.75) is 26.4 Å². The summed E-state index contributed by atoms with van der Waals surface area (Å²) in [6.45, 7) is 3.44. The molecule has 66 valence electrons. The van der Waals surface area contributed by atoms with Gasteiger partial charge in [-0.3, -0.25) is 0 Å². The van der Waals surface area contributed by atoms with Crippen LogP contribution in [0.3, 0.4) is 0 Å². The molecule has 0 amide bonds. The summed E-state index contributed by atoms with van der Waals surface area (Å²) in [5.74, 6) is 0.464. The van der Waals surface area contributed by atoms with Gasteiger partial charge in [0.2, 0.25) is 0 Å². The zero-order chi connectivity index (χ0) is 9.14. The number of hydrogen-bond acceptors (Lipinski definition) is 2. The molecule has 2 N–H and O–H groups in total. The highest BCUT2D eigenvalue weighted by Crippen LogP contribution is 2.09. The number of anilines is 1. The van der Waals surface area contributed by atoms with Crippen LogP contribution in [0.4, 0.5) is 10.2 Å². The van der Waals surface area contributed by atoms with E-state index in [0.29, 0.717) is 12.2 Å². The third kappa shape index (κ3) is 2.49. The van der Waals surface area contributed by atoms with Crippen molar-refractivity contribution in [2.75, 3.05) is 5.73 Å². The number of nitrogen functional groups attached to an aromatic ring is 1. The van der Waals surface area contributed by atoms with Crippen LogP contribution in [0.2, 0.25) is 0 Å². The standard InChI is InChI=1S/C9H13FN2/c1-6-3-8(5-7(2)10)12-9(11)4-6/h3-4,7H,5H2,1-2H3,(H2,11,12)/i1-1. The molecule has 0 fully saturated rings. The fourth-order valence-corrected chi connectivity index (χ4v) is 1.16. The van der Waals surface area contributed by atoms with Gasteiger partial charge in [-0.2, -0.15) is 0 Å². The number of pyridine rings is 1. The van der Waals surface area contributed by atoms with E-state index in [1.54, 1.807) is 6.07 Å². The number of hydrogen-bond donors (Lipinski definition) is 1. The fourth-order valence-electron chi connectivity index (χ4n) is 1.16. The molecule has 12 heavy (non-hydrogen) atoms. The summed E-state index contributed by atoms with van der Waals surface area (Å²) in [6, 6.07) is 3.62. The van der Waals surface area contributed by atoms with E-state index in [9.17, 15) is 4.39 Å². The molecule has 1 rings (SSSR count). The van der Waals surface area contributed by atoms with Gasteiger partial charge in [0.15, 0.2) is 0 Å². The lowest BCUT2D eigenvalue weighted by Gasteiger charge is -2.03. The van der Waals surface area contributed by atoms with Crippen LogP contribution in [-0.2, 0) is 6.42 Å². The number of aryl methyl sites for hydroxylation is 1. The lowest BCUT2D eigenvalue weighted by molar-refractivity contribution is 0.358. The highest BCUT2D eigenvalue weighted by atomic mass is 19.1. The summed E-state index contributed by atoms with van der Waals surface area (Å²) in [4.78, 5) is 4.01. The number of alkyl halides is 1. The minimum atomic E-state index is -0.862. The second-order valence-electron chi connectivity index (χ2n) is 3.05. The van der Waals surface area contributed by atoms with Crippen molar-refractivity contribution in [3.8, 4) is 0 Å². The molecule has 0 radical (unpaired) electrons. The van der Waals surface area contributed by atoms with Crippen molar-refractivity contribution in [1.82, 2.24) is 4.98 Å². The van der Waals surface area contributed by atoms with Crippen LogP contribution in [0.25, 0.3) is 0 Å². The van der Waals surface area contributed by atoms with E-state index < -0.39 is 6.17 Å². The Hall–Kier alpha value is -1.12. The predicted molar refractivity (Wildman–Crippen MR) is 47.7 cm³/mol. The van der Waals surface area contributed by atoms with Crippen molar-refractivity contribution in [3.63, 3.8) is 0 Å². The van der Waals surface area contributed by atoms with E-state index in [-0.39, 0.29) is 0 Å². The van der Waals surface area contributed by atoms with E-state index in [4.69, 9.17) is 5.73 Å². The normalized spacial score (nSPS) is 12.9. The maximum absolute atomic E-state index is 12.6. The van der Waals surface area contributed by atoms with Gasteiger partial charge < -0.3 is 5.73 Å². The highest BCUT2D eigenvalue weighted by molar-refractivity contribution is 5.34. The number of nitrogens with zero attached hydrogens (tertiary/aromatic N) is 1. The molecule has 1 heterocycles. The first-order valence-corrected chi connectivity index (χ1v) is 3.95. The summed E-state index contributed by atoms with van der Waals surface area (Å²) in [6.07, 6.45) is -0.523. The van der Waals surface area contributed by atoms with Crippen molar-refractivity contribution >= 4 is 5.82 Å². The Morgan fingerprint density at radius 1 is 1.58 bits per heavy atom. The van der Waals surface area contributed by atoms with Crippen LogP contribution in [0.15, 0.2) is 12.1 Å². The molecule has 1 atom stereocenters. The first kappa shape index (κ1) is 8.97. The third-order valence-electron chi connectivity index (χ3n) is 1.53. The molecule has 0 saturated carbocycles. The maximum Gasteiger partial charge on any atom is 0.123 e. The Bertz CT molecular complexity index is 251. The van der Waals surface area contributed by atoms with E-state index >= 15 is 0 Å². The second kappa shape index (κ2) is 3.52. The van der Waals surface area contributed by atoms with Crippen LogP contribution >= 0.6 is 0 Å². The van der Waals surface area contributed by atoms with Gasteiger partial charge in [-0.05, 0) is 31.5 Å². The van der Waals surface area contributed by atoms with Gasteiger partial charge in [0.1, 0.15) is 12.0 Å². The van der Waals surface area contributed by atoms with Crippen LogP contribution in [0, 0.1) is 6.92 Å². The van der Waals surface area contributed by atoms with E-state index in [0.717, 1.165) is 11.3 Å². The van der Waals surface area contributed by atoms with E-state index in [2.05, 4.69) is 4.98 Å². The van der Waals surface area contributed by atoms with Crippen LogP contribution < -0.4 is 5.73 Å². The van der Waals surface area contributed by atoms with Gasteiger partial charge in [0.25, 0.3) is 0 Å². The summed E-state index contributed by atoms with van der Waals surface area (Å²) < 4.78 is 12.6. The summed E-state index contributed by atoms with van der Waals surface area (Å²) in [7, 11) is 0. The predicted octanol–water partition coefficient (Wildman–Crippen LogP) is 1.87. The molecule has 0 aromatic carbocycles. The largest absolute Gasteiger partial charge is 0.384 e. The van der Waals surface area contributed by atoms with Crippen molar-refractivity contribution in [2.24, 2.45) is 0 Å². The monoisotopic (exact) mass is 167 g/mol. The van der Waals surface area contributed by atoms with Gasteiger partial charge in [-0.15, -0.1) is 0 Å². The molecule has 1 unspecified atom stereocenters. The number of nitrogens with two attached hydrogens (primary N) is 1. The Balaban J connectivity index is 2.85. The number of aromatic nitrogens is 1. The first-order valence-electron chi connectivity index (χ1n) is 3.95.